The molecule has 6 nitrogen and oxygen atoms in total. The second-order valence-corrected chi connectivity index (χ2v) is 6.57. The highest BCUT2D eigenvalue weighted by atomic mass is 32.1. The summed E-state index contributed by atoms with van der Waals surface area (Å²) in [7, 11) is 0. The van der Waals surface area contributed by atoms with Crippen molar-refractivity contribution in [3.63, 3.8) is 0 Å². The van der Waals surface area contributed by atoms with E-state index in [1.54, 1.807) is 6.20 Å². The van der Waals surface area contributed by atoms with Gasteiger partial charge in [-0.15, -0.1) is 0 Å². The van der Waals surface area contributed by atoms with Gasteiger partial charge < -0.3 is 9.88 Å². The standard InChI is InChI=1S/C16H21N5OS/c1-10(2)21-14(19-20-16(21)23)5-7-18-15(22)13-8-12(13)11-4-3-6-17-9-11/h3-4,6,9-10,12-13H,5,7-8H2,1-2H3,(H,18,22)(H,20,23)/t12-,13+/m1/s1. The van der Waals surface area contributed by atoms with Crippen molar-refractivity contribution in [2.75, 3.05) is 6.54 Å². The van der Waals surface area contributed by atoms with Crippen molar-refractivity contribution in [1.29, 1.82) is 0 Å². The number of pyridine rings is 1. The maximum absolute atomic E-state index is 12.2. The number of hydrogen-bond acceptors (Lipinski definition) is 4. The molecule has 2 heterocycles. The van der Waals surface area contributed by atoms with E-state index in [4.69, 9.17) is 12.2 Å². The summed E-state index contributed by atoms with van der Waals surface area (Å²) in [6.45, 7) is 4.70. The van der Waals surface area contributed by atoms with E-state index in [-0.39, 0.29) is 17.9 Å². The topological polar surface area (TPSA) is 75.6 Å². The zero-order valence-corrected chi connectivity index (χ0v) is 14.1. The Morgan fingerprint density at radius 2 is 2.39 bits per heavy atom. The first-order chi connectivity index (χ1) is 11.1. The molecule has 0 spiro atoms. The minimum absolute atomic E-state index is 0.0742. The van der Waals surface area contributed by atoms with Crippen LogP contribution in [0, 0.1) is 10.7 Å². The van der Waals surface area contributed by atoms with Crippen molar-refractivity contribution in [1.82, 2.24) is 25.1 Å². The van der Waals surface area contributed by atoms with Crippen molar-refractivity contribution in [2.45, 2.75) is 38.6 Å². The monoisotopic (exact) mass is 331 g/mol. The molecule has 2 aromatic heterocycles. The lowest BCUT2D eigenvalue weighted by atomic mass is 10.1. The predicted molar refractivity (Wildman–Crippen MR) is 89.6 cm³/mol. The number of hydrogen-bond donors (Lipinski definition) is 2. The molecular weight excluding hydrogens is 310 g/mol. The Morgan fingerprint density at radius 1 is 1.57 bits per heavy atom. The van der Waals surface area contributed by atoms with Gasteiger partial charge >= 0.3 is 0 Å². The van der Waals surface area contributed by atoms with Crippen LogP contribution in [0.2, 0.25) is 0 Å². The smallest absolute Gasteiger partial charge is 0.223 e. The first-order valence-corrected chi connectivity index (χ1v) is 8.32. The molecule has 0 unspecified atom stereocenters. The number of nitrogens with zero attached hydrogens (tertiary/aromatic N) is 3. The van der Waals surface area contributed by atoms with Crippen LogP contribution in [0.5, 0.6) is 0 Å². The summed E-state index contributed by atoms with van der Waals surface area (Å²) in [5.41, 5.74) is 1.15. The zero-order chi connectivity index (χ0) is 16.4. The van der Waals surface area contributed by atoms with Gasteiger partial charge in [0.2, 0.25) is 5.91 Å². The van der Waals surface area contributed by atoms with Crippen LogP contribution in [0.1, 0.15) is 43.6 Å². The predicted octanol–water partition coefficient (Wildman–Crippen LogP) is 2.38. The molecule has 1 aliphatic rings. The van der Waals surface area contributed by atoms with E-state index in [2.05, 4.69) is 34.3 Å². The molecule has 0 radical (unpaired) electrons. The van der Waals surface area contributed by atoms with Crippen LogP contribution in [0.15, 0.2) is 24.5 Å². The van der Waals surface area contributed by atoms with Gasteiger partial charge in [-0.05, 0) is 50.0 Å². The van der Waals surface area contributed by atoms with Crippen LogP contribution in [0.25, 0.3) is 0 Å². The van der Waals surface area contributed by atoms with Gasteiger partial charge in [-0.1, -0.05) is 6.07 Å². The average Bonchev–Trinajstić information content (AvgIpc) is 3.26. The SMILES string of the molecule is CC(C)n1c(CCNC(=O)[C@H]2C[C@@H]2c2cccnc2)n[nH]c1=S. The van der Waals surface area contributed by atoms with E-state index in [1.165, 1.54) is 0 Å². The van der Waals surface area contributed by atoms with Gasteiger partial charge in [-0.25, -0.2) is 0 Å². The number of H-pyrrole nitrogens is 1. The molecule has 1 aliphatic carbocycles. The molecule has 1 fully saturated rings. The molecular formula is C16H21N5OS. The number of rotatable bonds is 6. The van der Waals surface area contributed by atoms with Crippen molar-refractivity contribution in [3.05, 3.63) is 40.7 Å². The minimum Gasteiger partial charge on any atom is -0.355 e. The van der Waals surface area contributed by atoms with Crippen LogP contribution in [-0.2, 0) is 11.2 Å². The maximum Gasteiger partial charge on any atom is 0.223 e. The minimum atomic E-state index is 0.0742. The Balaban J connectivity index is 1.51. The van der Waals surface area contributed by atoms with Gasteiger partial charge in [0.25, 0.3) is 0 Å². The summed E-state index contributed by atoms with van der Waals surface area (Å²) in [4.78, 5) is 16.3. The molecule has 2 N–H and O–H groups in total. The molecule has 23 heavy (non-hydrogen) atoms. The number of aromatic amines is 1. The van der Waals surface area contributed by atoms with Crippen LogP contribution >= 0.6 is 12.2 Å². The molecule has 1 saturated carbocycles. The molecule has 0 saturated heterocycles. The number of nitrogens with one attached hydrogen (secondary N) is 2. The third-order valence-electron chi connectivity index (χ3n) is 4.18. The van der Waals surface area contributed by atoms with E-state index >= 15 is 0 Å². The lowest BCUT2D eigenvalue weighted by Gasteiger charge is -2.10. The fourth-order valence-corrected chi connectivity index (χ4v) is 3.29. The Morgan fingerprint density at radius 3 is 3.09 bits per heavy atom. The fourth-order valence-electron chi connectivity index (χ4n) is 2.92. The molecule has 122 valence electrons. The molecule has 2 aromatic rings. The fraction of sp³-hybridized carbons (Fsp3) is 0.500. The van der Waals surface area contributed by atoms with E-state index in [9.17, 15) is 4.79 Å². The van der Waals surface area contributed by atoms with Gasteiger partial charge in [0.15, 0.2) is 4.77 Å². The Bertz CT molecular complexity index is 736. The summed E-state index contributed by atoms with van der Waals surface area (Å²) in [5, 5.41) is 10.1. The highest BCUT2D eigenvalue weighted by molar-refractivity contribution is 7.71. The van der Waals surface area contributed by atoms with E-state index in [0.29, 0.717) is 23.7 Å². The molecule has 7 heteroatoms. The van der Waals surface area contributed by atoms with Gasteiger partial charge in [0.05, 0.1) is 0 Å². The first kappa shape index (κ1) is 15.9. The molecule has 3 rings (SSSR count). The molecule has 1 amide bonds. The molecule has 0 aromatic carbocycles. The third-order valence-corrected chi connectivity index (χ3v) is 4.47. The number of aromatic nitrogens is 4. The Kier molecular flexibility index (Phi) is 4.56. The Labute approximate surface area is 140 Å². The lowest BCUT2D eigenvalue weighted by Crippen LogP contribution is -2.28. The third kappa shape index (κ3) is 3.50. The summed E-state index contributed by atoms with van der Waals surface area (Å²) in [5.74, 6) is 1.38. The molecule has 2 atom stereocenters. The van der Waals surface area contributed by atoms with Crippen LogP contribution in [-0.4, -0.2) is 32.2 Å². The van der Waals surface area contributed by atoms with Crippen LogP contribution in [0.3, 0.4) is 0 Å². The lowest BCUT2D eigenvalue weighted by molar-refractivity contribution is -0.122. The van der Waals surface area contributed by atoms with Crippen molar-refractivity contribution in [3.8, 4) is 0 Å². The quantitative estimate of drug-likeness (QED) is 0.797. The highest BCUT2D eigenvalue weighted by Gasteiger charge is 2.43. The van der Waals surface area contributed by atoms with Crippen molar-refractivity contribution in [2.24, 2.45) is 5.92 Å². The Hall–Kier alpha value is -2.02. The van der Waals surface area contributed by atoms with Gasteiger partial charge in [-0.3, -0.25) is 14.9 Å². The molecule has 0 aliphatic heterocycles. The van der Waals surface area contributed by atoms with E-state index in [0.717, 1.165) is 17.8 Å². The van der Waals surface area contributed by atoms with Gasteiger partial charge in [-0.2, -0.15) is 5.10 Å². The summed E-state index contributed by atoms with van der Waals surface area (Å²) in [6.07, 6.45) is 5.17. The molecule has 0 bridgehead atoms. The number of amides is 1. The number of carbonyl (C=O) groups excluding carboxylic acids is 1. The largest absolute Gasteiger partial charge is 0.355 e. The van der Waals surface area contributed by atoms with Gasteiger partial charge in [0.1, 0.15) is 5.82 Å². The summed E-state index contributed by atoms with van der Waals surface area (Å²) in [6, 6.07) is 4.20. The highest BCUT2D eigenvalue weighted by Crippen LogP contribution is 2.47. The van der Waals surface area contributed by atoms with Crippen molar-refractivity contribution >= 4 is 18.1 Å². The van der Waals surface area contributed by atoms with Crippen LogP contribution < -0.4 is 5.32 Å². The van der Waals surface area contributed by atoms with Crippen molar-refractivity contribution < 1.29 is 4.79 Å². The van der Waals surface area contributed by atoms with Crippen LogP contribution in [0.4, 0.5) is 0 Å². The normalized spacial score (nSPS) is 19.8. The zero-order valence-electron chi connectivity index (χ0n) is 13.3. The average molecular weight is 331 g/mol. The maximum atomic E-state index is 12.2. The summed E-state index contributed by atoms with van der Waals surface area (Å²) < 4.78 is 2.61. The second kappa shape index (κ2) is 6.62. The summed E-state index contributed by atoms with van der Waals surface area (Å²) >= 11 is 5.22. The van der Waals surface area contributed by atoms with E-state index in [1.807, 2.05) is 22.9 Å². The second-order valence-electron chi connectivity index (χ2n) is 6.18. The number of carbonyl (C=O) groups is 1. The first-order valence-electron chi connectivity index (χ1n) is 7.91. The van der Waals surface area contributed by atoms with E-state index < -0.39 is 0 Å². The van der Waals surface area contributed by atoms with Gasteiger partial charge in [0, 0.05) is 37.3 Å².